The minimum absolute atomic E-state index is 0.0708. The van der Waals surface area contributed by atoms with Crippen LogP contribution in [-0.2, 0) is 6.42 Å². The van der Waals surface area contributed by atoms with Crippen molar-refractivity contribution in [1.29, 1.82) is 0 Å². The molecular formula is C29H35N7O2. The first-order valence-corrected chi connectivity index (χ1v) is 13.4. The molecule has 1 fully saturated rings. The van der Waals surface area contributed by atoms with Gasteiger partial charge >= 0.3 is 0 Å². The van der Waals surface area contributed by atoms with E-state index in [9.17, 15) is 4.79 Å². The van der Waals surface area contributed by atoms with Crippen molar-refractivity contribution in [3.63, 3.8) is 0 Å². The number of nitrogens with one attached hydrogen (secondary N) is 2. The zero-order valence-corrected chi connectivity index (χ0v) is 22.3. The second kappa shape index (κ2) is 11.6. The Morgan fingerprint density at radius 2 is 1.84 bits per heavy atom. The Bertz CT molecular complexity index is 1390. The summed E-state index contributed by atoms with van der Waals surface area (Å²) in [4.78, 5) is 24.3. The topological polar surface area (TPSA) is 109 Å². The lowest BCUT2D eigenvalue weighted by atomic mass is 9.93. The van der Waals surface area contributed by atoms with Crippen LogP contribution in [0.15, 0.2) is 53.2 Å². The zero-order valence-electron chi connectivity index (χ0n) is 22.3. The second-order valence-corrected chi connectivity index (χ2v) is 10.5. The fourth-order valence-electron chi connectivity index (χ4n) is 4.93. The maximum absolute atomic E-state index is 12.5. The highest BCUT2D eigenvalue weighted by molar-refractivity contribution is 5.95. The minimum atomic E-state index is -0.0708. The number of hydrogen-bond donors (Lipinski definition) is 2. The fraction of sp³-hybridized carbons (Fsp3) is 0.414. The third kappa shape index (κ3) is 6.10. The molecule has 0 spiro atoms. The average molecular weight is 514 g/mol. The number of fused-ring (bicyclic) bond motifs is 1. The summed E-state index contributed by atoms with van der Waals surface area (Å²) >= 11 is 0. The molecular weight excluding hydrogens is 478 g/mol. The summed E-state index contributed by atoms with van der Waals surface area (Å²) in [5, 5.41) is 14.3. The lowest BCUT2D eigenvalue weighted by molar-refractivity contribution is 0.0949. The molecule has 1 amide bonds. The maximum Gasteiger partial charge on any atom is 0.251 e. The molecule has 9 nitrogen and oxygen atoms in total. The number of carbonyl (C=O) groups is 1. The lowest BCUT2D eigenvalue weighted by Crippen LogP contribution is -2.27. The van der Waals surface area contributed by atoms with Gasteiger partial charge in [-0.05, 0) is 84.1 Å². The van der Waals surface area contributed by atoms with Crippen LogP contribution in [0.3, 0.4) is 0 Å². The Hall–Kier alpha value is -4.01. The first-order chi connectivity index (χ1) is 18.5. The lowest BCUT2D eigenvalue weighted by Gasteiger charge is -2.24. The molecule has 198 valence electrons. The van der Waals surface area contributed by atoms with E-state index in [2.05, 4.69) is 70.0 Å². The van der Waals surface area contributed by atoms with Crippen molar-refractivity contribution in [3.05, 3.63) is 65.2 Å². The molecule has 2 aromatic heterocycles. The predicted octanol–water partition coefficient (Wildman–Crippen LogP) is 5.30. The molecule has 1 saturated heterocycles. The van der Waals surface area contributed by atoms with Crippen LogP contribution in [0.25, 0.3) is 11.3 Å². The first-order valence-electron chi connectivity index (χ1n) is 13.4. The molecule has 5 rings (SSSR count). The van der Waals surface area contributed by atoms with Crippen LogP contribution in [0.1, 0.15) is 54.6 Å². The highest BCUT2D eigenvalue weighted by Crippen LogP contribution is 2.31. The van der Waals surface area contributed by atoms with Gasteiger partial charge < -0.3 is 15.5 Å². The van der Waals surface area contributed by atoms with Crippen molar-refractivity contribution in [2.75, 3.05) is 29.9 Å². The van der Waals surface area contributed by atoms with Gasteiger partial charge in [0.05, 0.1) is 0 Å². The molecule has 1 atom stereocenters. The molecule has 38 heavy (non-hydrogen) atoms. The van der Waals surface area contributed by atoms with Crippen molar-refractivity contribution in [1.82, 2.24) is 25.6 Å². The quantitative estimate of drug-likeness (QED) is 0.327. The van der Waals surface area contributed by atoms with E-state index in [1.807, 2.05) is 25.1 Å². The molecule has 0 bridgehead atoms. The summed E-state index contributed by atoms with van der Waals surface area (Å²) in [7, 11) is 0. The maximum atomic E-state index is 12.5. The van der Waals surface area contributed by atoms with Crippen LogP contribution in [-0.4, -0.2) is 45.8 Å². The van der Waals surface area contributed by atoms with E-state index in [4.69, 9.17) is 14.6 Å². The molecule has 3 heterocycles. The van der Waals surface area contributed by atoms with Crippen molar-refractivity contribution < 1.29 is 9.42 Å². The highest BCUT2D eigenvalue weighted by atomic mass is 16.6. The van der Waals surface area contributed by atoms with Crippen molar-refractivity contribution in [2.24, 2.45) is 11.8 Å². The summed E-state index contributed by atoms with van der Waals surface area (Å²) in [6.45, 7) is 8.54. The molecule has 1 unspecified atom stereocenters. The number of amides is 1. The standard InChI is InChI=1S/C29H35N7O2/c1-19(2)18-30-29(37)23-11-12-24(20(3)16-23)31-27-28(33-26-25(32-27)34-38-35-26)36-14-7-10-22(13-15-36)17-21-8-5-4-6-9-21/h4-6,8-9,11-12,16,19,22H,7,10,13-15,17-18H2,1-3H3,(H,30,37)(H,31,32,34). The van der Waals surface area contributed by atoms with Crippen molar-refractivity contribution in [2.45, 2.75) is 46.5 Å². The van der Waals surface area contributed by atoms with Crippen LogP contribution in [0.5, 0.6) is 0 Å². The van der Waals surface area contributed by atoms with Gasteiger partial charge in [-0.3, -0.25) is 4.79 Å². The van der Waals surface area contributed by atoms with Gasteiger partial charge in [0.25, 0.3) is 5.91 Å². The molecule has 1 aliphatic heterocycles. The highest BCUT2D eigenvalue weighted by Gasteiger charge is 2.23. The van der Waals surface area contributed by atoms with Gasteiger partial charge in [0.2, 0.25) is 11.3 Å². The van der Waals surface area contributed by atoms with Gasteiger partial charge in [-0.2, -0.15) is 0 Å². The van der Waals surface area contributed by atoms with E-state index in [1.54, 1.807) is 0 Å². The van der Waals surface area contributed by atoms with Crippen LogP contribution in [0, 0.1) is 18.8 Å². The Kier molecular flexibility index (Phi) is 7.81. The minimum Gasteiger partial charge on any atom is -0.353 e. The Morgan fingerprint density at radius 3 is 2.61 bits per heavy atom. The van der Waals surface area contributed by atoms with Crippen LogP contribution in [0.4, 0.5) is 17.3 Å². The third-order valence-electron chi connectivity index (χ3n) is 7.02. The fourth-order valence-corrected chi connectivity index (χ4v) is 4.93. The number of anilines is 3. The van der Waals surface area contributed by atoms with Gasteiger partial charge in [-0.15, -0.1) is 0 Å². The van der Waals surface area contributed by atoms with E-state index in [0.717, 1.165) is 49.4 Å². The zero-order chi connectivity index (χ0) is 26.5. The summed E-state index contributed by atoms with van der Waals surface area (Å²) in [6.07, 6.45) is 4.42. The number of nitrogens with zero attached hydrogens (tertiary/aromatic N) is 5. The Morgan fingerprint density at radius 1 is 1.05 bits per heavy atom. The summed E-state index contributed by atoms with van der Waals surface area (Å²) in [6, 6.07) is 16.3. The van der Waals surface area contributed by atoms with Crippen molar-refractivity contribution >= 4 is 34.5 Å². The smallest absolute Gasteiger partial charge is 0.251 e. The van der Waals surface area contributed by atoms with Gasteiger partial charge in [-0.1, -0.05) is 44.2 Å². The molecule has 9 heteroatoms. The summed E-state index contributed by atoms with van der Waals surface area (Å²) < 4.78 is 4.91. The molecule has 4 aromatic rings. The van der Waals surface area contributed by atoms with Crippen LogP contribution in [0.2, 0.25) is 0 Å². The second-order valence-electron chi connectivity index (χ2n) is 10.5. The first kappa shape index (κ1) is 25.6. The molecule has 0 radical (unpaired) electrons. The molecule has 1 aliphatic rings. The number of benzene rings is 2. The summed E-state index contributed by atoms with van der Waals surface area (Å²) in [5.74, 6) is 2.30. The van der Waals surface area contributed by atoms with Crippen LogP contribution < -0.4 is 15.5 Å². The molecule has 0 aliphatic carbocycles. The Labute approximate surface area is 223 Å². The van der Waals surface area contributed by atoms with E-state index >= 15 is 0 Å². The van der Waals surface area contributed by atoms with E-state index < -0.39 is 0 Å². The SMILES string of the molecule is Cc1cc(C(=O)NCC(C)C)ccc1Nc1nc2nonc2nc1N1CCCC(Cc2ccccc2)CC1. The molecule has 2 N–H and O–H groups in total. The number of carbonyl (C=O) groups excluding carboxylic acids is 1. The summed E-state index contributed by atoms with van der Waals surface area (Å²) in [5.41, 5.74) is 4.56. The number of aromatic nitrogens is 4. The van der Waals surface area contributed by atoms with Crippen molar-refractivity contribution in [3.8, 4) is 0 Å². The largest absolute Gasteiger partial charge is 0.353 e. The third-order valence-corrected chi connectivity index (χ3v) is 7.02. The van der Waals surface area contributed by atoms with E-state index in [0.29, 0.717) is 41.1 Å². The average Bonchev–Trinajstić information content (AvgIpc) is 3.25. The normalized spacial score (nSPS) is 16.0. The molecule has 0 saturated carbocycles. The number of rotatable bonds is 8. The monoisotopic (exact) mass is 513 g/mol. The number of hydrogen-bond acceptors (Lipinski definition) is 8. The van der Waals surface area contributed by atoms with E-state index in [1.165, 1.54) is 12.0 Å². The van der Waals surface area contributed by atoms with Gasteiger partial charge in [0.1, 0.15) is 0 Å². The predicted molar refractivity (Wildman–Crippen MR) is 149 cm³/mol. The van der Waals surface area contributed by atoms with Gasteiger partial charge in [-0.25, -0.2) is 14.6 Å². The van der Waals surface area contributed by atoms with E-state index in [-0.39, 0.29) is 5.91 Å². The molecule has 2 aromatic carbocycles. The number of aryl methyl sites for hydroxylation is 1. The van der Waals surface area contributed by atoms with Gasteiger partial charge in [0, 0.05) is 30.9 Å². The van der Waals surface area contributed by atoms with Gasteiger partial charge in [0.15, 0.2) is 11.6 Å². The van der Waals surface area contributed by atoms with Crippen LogP contribution >= 0.6 is 0 Å². The Balaban J connectivity index is 1.35.